The molecule has 0 saturated carbocycles. The second-order valence-corrected chi connectivity index (χ2v) is 6.80. The molecular weight excluding hydrogens is 347 g/mol. The monoisotopic (exact) mass is 355 g/mol. The van der Waals surface area contributed by atoms with Crippen LogP contribution in [0.5, 0.6) is 0 Å². The molecule has 0 spiro atoms. The van der Waals surface area contributed by atoms with Crippen LogP contribution in [0.25, 0.3) is 0 Å². The number of fused-ring (bicyclic) bond motifs is 1. The SMILES string of the molecule is O=C1c2ccccc2C(=O)N1c1ccc(F)cc1S(=O)(=O)C(F)F. The zero-order valence-electron chi connectivity index (χ0n) is 11.7. The standard InChI is InChI=1S/C15H8F3NO4S/c16-8-5-6-11(12(7-8)24(22,23)15(17)18)19-13(20)9-3-1-2-4-10(9)14(19)21/h1-7,15H. The van der Waals surface area contributed by atoms with Crippen LogP contribution in [-0.4, -0.2) is 26.0 Å². The van der Waals surface area contributed by atoms with Crippen LogP contribution in [-0.2, 0) is 9.84 Å². The highest BCUT2D eigenvalue weighted by Gasteiger charge is 2.40. The number of hydrogen-bond acceptors (Lipinski definition) is 4. The fraction of sp³-hybridized carbons (Fsp3) is 0.0667. The summed E-state index contributed by atoms with van der Waals surface area (Å²) in [5, 5.41) is 0. The van der Waals surface area contributed by atoms with Crippen molar-refractivity contribution in [2.75, 3.05) is 4.90 Å². The summed E-state index contributed by atoms with van der Waals surface area (Å²) in [6.07, 6.45) is 0. The van der Waals surface area contributed by atoms with Crippen molar-refractivity contribution in [1.29, 1.82) is 0 Å². The van der Waals surface area contributed by atoms with Gasteiger partial charge in [-0.05, 0) is 30.3 Å². The van der Waals surface area contributed by atoms with E-state index in [9.17, 15) is 31.2 Å². The zero-order valence-corrected chi connectivity index (χ0v) is 12.6. The van der Waals surface area contributed by atoms with E-state index in [4.69, 9.17) is 0 Å². The van der Waals surface area contributed by atoms with Crippen molar-refractivity contribution in [1.82, 2.24) is 0 Å². The van der Waals surface area contributed by atoms with Gasteiger partial charge in [0.15, 0.2) is 0 Å². The smallest absolute Gasteiger partial charge is 0.268 e. The van der Waals surface area contributed by atoms with Gasteiger partial charge in [0.1, 0.15) is 5.82 Å². The van der Waals surface area contributed by atoms with Crippen molar-refractivity contribution >= 4 is 27.3 Å². The maximum atomic E-state index is 13.4. The van der Waals surface area contributed by atoms with E-state index in [2.05, 4.69) is 0 Å². The number of sulfone groups is 1. The molecule has 5 nitrogen and oxygen atoms in total. The largest absolute Gasteiger partial charge is 0.341 e. The molecule has 0 aromatic heterocycles. The van der Waals surface area contributed by atoms with Crippen molar-refractivity contribution in [2.45, 2.75) is 10.7 Å². The van der Waals surface area contributed by atoms with Gasteiger partial charge in [-0.3, -0.25) is 9.59 Å². The first kappa shape index (κ1) is 16.2. The molecule has 0 unspecified atom stereocenters. The Kier molecular flexibility index (Phi) is 3.67. The fourth-order valence-corrected chi connectivity index (χ4v) is 3.32. The second-order valence-electron chi connectivity index (χ2n) is 4.91. The summed E-state index contributed by atoms with van der Waals surface area (Å²) in [7, 11) is -5.22. The van der Waals surface area contributed by atoms with E-state index in [1.54, 1.807) is 0 Å². The van der Waals surface area contributed by atoms with E-state index in [-0.39, 0.29) is 11.1 Å². The highest BCUT2D eigenvalue weighted by Crippen LogP contribution is 2.35. The number of nitrogens with zero attached hydrogens (tertiary/aromatic N) is 1. The molecule has 1 heterocycles. The van der Waals surface area contributed by atoms with E-state index < -0.39 is 43.8 Å². The number of benzene rings is 2. The Balaban J connectivity index is 2.23. The number of carbonyl (C=O) groups is 2. The molecule has 2 aromatic rings. The number of imide groups is 1. The van der Waals surface area contributed by atoms with Gasteiger partial charge >= 0.3 is 5.76 Å². The summed E-state index contributed by atoms with van der Waals surface area (Å²) in [6, 6.07) is 7.64. The van der Waals surface area contributed by atoms with Crippen LogP contribution in [0.4, 0.5) is 18.9 Å². The molecule has 1 aliphatic rings. The van der Waals surface area contributed by atoms with Crippen LogP contribution < -0.4 is 4.90 Å². The van der Waals surface area contributed by atoms with Crippen molar-refractivity contribution in [2.24, 2.45) is 0 Å². The number of amides is 2. The lowest BCUT2D eigenvalue weighted by Gasteiger charge is -2.18. The summed E-state index contributed by atoms with van der Waals surface area (Å²) in [4.78, 5) is 24.1. The molecule has 2 amide bonds. The first-order valence-corrected chi connectivity index (χ1v) is 8.09. The van der Waals surface area contributed by atoms with Crippen molar-refractivity contribution in [3.8, 4) is 0 Å². The van der Waals surface area contributed by atoms with Crippen LogP contribution >= 0.6 is 0 Å². The van der Waals surface area contributed by atoms with Gasteiger partial charge in [0.25, 0.3) is 11.8 Å². The third-order valence-corrected chi connectivity index (χ3v) is 4.91. The molecule has 124 valence electrons. The molecule has 2 aromatic carbocycles. The first-order valence-electron chi connectivity index (χ1n) is 6.54. The van der Waals surface area contributed by atoms with Gasteiger partial charge in [0.2, 0.25) is 9.84 Å². The van der Waals surface area contributed by atoms with E-state index in [1.807, 2.05) is 0 Å². The molecule has 0 N–H and O–H groups in total. The molecule has 0 bridgehead atoms. The second kappa shape index (κ2) is 5.45. The van der Waals surface area contributed by atoms with Crippen LogP contribution in [0.3, 0.4) is 0 Å². The van der Waals surface area contributed by atoms with Gasteiger partial charge in [-0.25, -0.2) is 17.7 Å². The van der Waals surface area contributed by atoms with E-state index in [0.29, 0.717) is 11.0 Å². The van der Waals surface area contributed by atoms with Crippen LogP contribution in [0, 0.1) is 5.82 Å². The normalized spacial score (nSPS) is 14.4. The molecule has 0 saturated heterocycles. The topological polar surface area (TPSA) is 71.5 Å². The summed E-state index contributed by atoms with van der Waals surface area (Å²) in [5.74, 6) is -6.65. The summed E-state index contributed by atoms with van der Waals surface area (Å²) in [6.45, 7) is 0. The summed E-state index contributed by atoms with van der Waals surface area (Å²) in [5.41, 5.74) is -0.595. The van der Waals surface area contributed by atoms with Gasteiger partial charge in [-0.1, -0.05) is 12.1 Å². The number of carbonyl (C=O) groups excluding carboxylic acids is 2. The predicted molar refractivity (Wildman–Crippen MR) is 77.2 cm³/mol. The third-order valence-electron chi connectivity index (χ3n) is 3.50. The average molecular weight is 355 g/mol. The van der Waals surface area contributed by atoms with Gasteiger partial charge in [-0.2, -0.15) is 8.78 Å². The highest BCUT2D eigenvalue weighted by molar-refractivity contribution is 7.91. The number of hydrogen-bond donors (Lipinski definition) is 0. The van der Waals surface area contributed by atoms with Crippen molar-refractivity contribution in [3.05, 3.63) is 59.4 Å². The quantitative estimate of drug-likeness (QED) is 0.794. The average Bonchev–Trinajstić information content (AvgIpc) is 2.79. The molecule has 0 radical (unpaired) electrons. The maximum absolute atomic E-state index is 13.4. The van der Waals surface area contributed by atoms with E-state index >= 15 is 0 Å². The maximum Gasteiger partial charge on any atom is 0.341 e. The summed E-state index contributed by atoms with van der Waals surface area (Å²) >= 11 is 0. The number of alkyl halides is 2. The Bertz CT molecular complexity index is 937. The lowest BCUT2D eigenvalue weighted by atomic mass is 10.1. The molecular formula is C15H8F3NO4S. The van der Waals surface area contributed by atoms with Crippen LogP contribution in [0.15, 0.2) is 47.4 Å². The molecule has 3 rings (SSSR count). The van der Waals surface area contributed by atoms with E-state index in [0.717, 1.165) is 12.1 Å². The zero-order chi connectivity index (χ0) is 17.6. The Morgan fingerprint density at radius 3 is 1.96 bits per heavy atom. The minimum Gasteiger partial charge on any atom is -0.268 e. The molecule has 0 aliphatic carbocycles. The predicted octanol–water partition coefficient (Wildman–Crippen LogP) is 2.62. The first-order chi connectivity index (χ1) is 11.2. The minimum absolute atomic E-state index is 0.00669. The molecule has 0 fully saturated rings. The fourth-order valence-electron chi connectivity index (χ4n) is 2.40. The van der Waals surface area contributed by atoms with Crippen molar-refractivity contribution in [3.63, 3.8) is 0 Å². The Labute approximate surface area is 134 Å². The Hall–Kier alpha value is -2.68. The van der Waals surface area contributed by atoms with Gasteiger partial charge in [-0.15, -0.1) is 0 Å². The minimum atomic E-state index is -5.22. The Morgan fingerprint density at radius 1 is 0.917 bits per heavy atom. The van der Waals surface area contributed by atoms with Crippen LogP contribution in [0.1, 0.15) is 20.7 Å². The molecule has 9 heteroatoms. The number of anilines is 1. The Morgan fingerprint density at radius 2 is 1.46 bits per heavy atom. The van der Waals surface area contributed by atoms with Crippen LogP contribution in [0.2, 0.25) is 0 Å². The van der Waals surface area contributed by atoms with Gasteiger partial charge < -0.3 is 0 Å². The molecule has 0 atom stereocenters. The lowest BCUT2D eigenvalue weighted by Crippen LogP contribution is -2.31. The summed E-state index contributed by atoms with van der Waals surface area (Å²) < 4.78 is 62.7. The number of rotatable bonds is 3. The molecule has 24 heavy (non-hydrogen) atoms. The third kappa shape index (κ3) is 2.28. The lowest BCUT2D eigenvalue weighted by molar-refractivity contribution is 0.0925. The van der Waals surface area contributed by atoms with Gasteiger partial charge in [0, 0.05) is 0 Å². The number of halogens is 3. The highest BCUT2D eigenvalue weighted by atomic mass is 32.2. The van der Waals surface area contributed by atoms with Crippen molar-refractivity contribution < 1.29 is 31.2 Å². The molecule has 1 aliphatic heterocycles. The van der Waals surface area contributed by atoms with Gasteiger partial charge in [0.05, 0.1) is 21.7 Å². The van der Waals surface area contributed by atoms with E-state index in [1.165, 1.54) is 24.3 Å².